The number of hydrogen-bond donors (Lipinski definition) is 1. The van der Waals surface area contributed by atoms with Crippen LogP contribution in [0.25, 0.3) is 5.69 Å². The van der Waals surface area contributed by atoms with Crippen LogP contribution in [0.2, 0.25) is 0 Å². The Bertz CT molecular complexity index is 1190. The molecule has 0 radical (unpaired) electrons. The van der Waals surface area contributed by atoms with Gasteiger partial charge in [0.15, 0.2) is 11.5 Å². The topological polar surface area (TPSA) is 95.3 Å². The number of hydrogen-bond acceptors (Lipinski definition) is 6. The molecular weight excluding hydrogens is 404 g/mol. The Hall–Kier alpha value is -3.92. The van der Waals surface area contributed by atoms with Crippen molar-refractivity contribution in [3.05, 3.63) is 76.8 Å². The van der Waals surface area contributed by atoms with Gasteiger partial charge < -0.3 is 19.9 Å². The Morgan fingerprint density at radius 3 is 2.59 bits per heavy atom. The second-order valence-electron chi connectivity index (χ2n) is 7.43. The summed E-state index contributed by atoms with van der Waals surface area (Å²) in [6, 6.07) is 17.7. The molecule has 0 unspecified atom stereocenters. The first kappa shape index (κ1) is 21.3. The summed E-state index contributed by atoms with van der Waals surface area (Å²) in [4.78, 5) is 0. The van der Waals surface area contributed by atoms with E-state index in [0.29, 0.717) is 29.6 Å². The minimum Gasteiger partial charge on any atom is -0.493 e. The van der Waals surface area contributed by atoms with Crippen LogP contribution in [0.1, 0.15) is 43.0 Å². The number of nitrogens with zero attached hydrogens (tertiary/aromatic N) is 3. The van der Waals surface area contributed by atoms with Gasteiger partial charge in [-0.3, -0.25) is 0 Å². The van der Waals surface area contributed by atoms with E-state index in [-0.39, 0.29) is 5.88 Å². The average Bonchev–Trinajstić information content (AvgIpc) is 3.17. The van der Waals surface area contributed by atoms with E-state index >= 15 is 0 Å². The molecule has 2 aromatic carbocycles. The Labute approximate surface area is 187 Å². The van der Waals surface area contributed by atoms with Crippen molar-refractivity contribution in [1.82, 2.24) is 9.78 Å². The molecule has 0 fully saturated rings. The van der Waals surface area contributed by atoms with Crippen LogP contribution >= 0.6 is 0 Å². The third kappa shape index (κ3) is 3.65. The number of nitrogens with two attached hydrogens (primary N) is 1. The van der Waals surface area contributed by atoms with Crippen LogP contribution < -0.4 is 19.9 Å². The summed E-state index contributed by atoms with van der Waals surface area (Å²) < 4.78 is 19.0. The highest BCUT2D eigenvalue weighted by atomic mass is 16.5. The summed E-state index contributed by atoms with van der Waals surface area (Å²) in [6.45, 7) is 4.51. The molecule has 32 heavy (non-hydrogen) atoms. The Kier molecular flexibility index (Phi) is 6.04. The molecule has 1 atom stereocenters. The lowest BCUT2D eigenvalue weighted by Gasteiger charge is -2.25. The van der Waals surface area contributed by atoms with Crippen molar-refractivity contribution in [3.8, 4) is 29.1 Å². The Morgan fingerprint density at radius 2 is 1.94 bits per heavy atom. The molecule has 0 saturated heterocycles. The molecule has 2 N–H and O–H groups in total. The van der Waals surface area contributed by atoms with E-state index in [1.165, 1.54) is 0 Å². The highest BCUT2D eigenvalue weighted by molar-refractivity contribution is 5.59. The van der Waals surface area contributed by atoms with Crippen molar-refractivity contribution in [1.29, 1.82) is 5.26 Å². The fourth-order valence-electron chi connectivity index (χ4n) is 4.05. The summed E-state index contributed by atoms with van der Waals surface area (Å²) >= 11 is 0. The van der Waals surface area contributed by atoms with Crippen LogP contribution in [0.4, 0.5) is 0 Å². The van der Waals surface area contributed by atoms with Crippen molar-refractivity contribution in [2.24, 2.45) is 5.73 Å². The zero-order valence-electron chi connectivity index (χ0n) is 18.5. The van der Waals surface area contributed by atoms with E-state index in [2.05, 4.69) is 13.0 Å². The number of methoxy groups -OCH3 is 1. The van der Waals surface area contributed by atoms with Gasteiger partial charge in [0, 0.05) is 0 Å². The lowest BCUT2D eigenvalue weighted by Crippen LogP contribution is -2.22. The molecule has 3 aromatic rings. The normalized spacial score (nSPS) is 15.0. The second-order valence-corrected chi connectivity index (χ2v) is 7.43. The fourth-order valence-corrected chi connectivity index (χ4v) is 4.05. The van der Waals surface area contributed by atoms with Gasteiger partial charge in [-0.15, -0.1) is 0 Å². The fraction of sp³-hybridized carbons (Fsp3) is 0.280. The number of benzene rings is 2. The lowest BCUT2D eigenvalue weighted by molar-refractivity contribution is 0.310. The van der Waals surface area contributed by atoms with Gasteiger partial charge in [-0.05, 0) is 43.2 Å². The zero-order valence-corrected chi connectivity index (χ0v) is 18.5. The minimum absolute atomic E-state index is 0.0823. The summed E-state index contributed by atoms with van der Waals surface area (Å²) in [5, 5.41) is 14.9. The average molecular weight is 431 g/mol. The summed E-state index contributed by atoms with van der Waals surface area (Å²) in [6.07, 6.45) is 1.65. The Balaban J connectivity index is 1.96. The lowest BCUT2D eigenvalue weighted by atomic mass is 9.83. The maximum absolute atomic E-state index is 9.99. The van der Waals surface area contributed by atoms with E-state index in [1.54, 1.807) is 11.8 Å². The highest BCUT2D eigenvalue weighted by Crippen LogP contribution is 2.46. The summed E-state index contributed by atoms with van der Waals surface area (Å²) in [7, 11) is 1.60. The zero-order chi connectivity index (χ0) is 22.7. The van der Waals surface area contributed by atoms with Crippen molar-refractivity contribution in [2.45, 2.75) is 32.6 Å². The first-order valence-corrected chi connectivity index (χ1v) is 10.7. The van der Waals surface area contributed by atoms with Crippen LogP contribution in [-0.4, -0.2) is 23.5 Å². The van der Waals surface area contributed by atoms with Gasteiger partial charge in [0.25, 0.3) is 0 Å². The first-order valence-electron chi connectivity index (χ1n) is 10.7. The number of nitriles is 1. The minimum atomic E-state index is -0.423. The molecule has 1 aliphatic rings. The highest BCUT2D eigenvalue weighted by Gasteiger charge is 2.37. The quantitative estimate of drug-likeness (QED) is 0.595. The van der Waals surface area contributed by atoms with E-state index < -0.39 is 5.92 Å². The van der Waals surface area contributed by atoms with Crippen LogP contribution in [0, 0.1) is 11.3 Å². The summed E-state index contributed by atoms with van der Waals surface area (Å²) in [5.41, 5.74) is 10.1. The van der Waals surface area contributed by atoms with E-state index in [0.717, 1.165) is 35.3 Å². The van der Waals surface area contributed by atoms with Crippen molar-refractivity contribution < 1.29 is 14.2 Å². The van der Waals surface area contributed by atoms with Crippen molar-refractivity contribution in [2.75, 3.05) is 13.7 Å². The number of rotatable bonds is 7. The molecule has 7 nitrogen and oxygen atoms in total. The molecule has 0 spiro atoms. The maximum Gasteiger partial charge on any atom is 0.229 e. The van der Waals surface area contributed by atoms with Crippen LogP contribution in [-0.2, 0) is 6.42 Å². The first-order chi connectivity index (χ1) is 15.6. The third-order valence-electron chi connectivity index (χ3n) is 5.43. The molecule has 1 aliphatic heterocycles. The molecule has 0 amide bonds. The van der Waals surface area contributed by atoms with Crippen LogP contribution in [0.5, 0.6) is 17.4 Å². The van der Waals surface area contributed by atoms with Crippen LogP contribution in [0.15, 0.2) is 60.0 Å². The smallest absolute Gasteiger partial charge is 0.229 e. The van der Waals surface area contributed by atoms with Gasteiger partial charge >= 0.3 is 0 Å². The Morgan fingerprint density at radius 1 is 1.16 bits per heavy atom. The van der Waals surface area contributed by atoms with E-state index in [9.17, 15) is 5.26 Å². The van der Waals surface area contributed by atoms with Gasteiger partial charge in [-0.1, -0.05) is 37.6 Å². The standard InChI is InChI=1S/C25H26N4O3/c1-4-9-19-23-22(16-12-13-20(30-3)21(14-16)31-5-2)18(15-26)24(27)32-25(23)29(28-19)17-10-7-6-8-11-17/h6-8,10-14,22H,4-5,9,27H2,1-3H3/t22-/m0/s1. The number of allylic oxidation sites excluding steroid dienone is 1. The number of fused-ring (bicyclic) bond motifs is 1. The van der Waals surface area contributed by atoms with Gasteiger partial charge in [0.2, 0.25) is 11.8 Å². The number of ether oxygens (including phenoxy) is 3. The molecule has 0 bridgehead atoms. The number of aryl methyl sites for hydroxylation is 1. The molecule has 0 aliphatic carbocycles. The molecule has 164 valence electrons. The monoisotopic (exact) mass is 430 g/mol. The third-order valence-corrected chi connectivity index (χ3v) is 5.43. The number of para-hydroxylation sites is 1. The number of aromatic nitrogens is 2. The van der Waals surface area contributed by atoms with Gasteiger partial charge in [-0.25, -0.2) is 4.68 Å². The van der Waals surface area contributed by atoms with E-state index in [1.807, 2.05) is 55.5 Å². The molecule has 2 heterocycles. The van der Waals surface area contributed by atoms with Crippen molar-refractivity contribution >= 4 is 0 Å². The SMILES string of the molecule is CCCc1nn(-c2ccccc2)c2c1[C@@H](c1ccc(OC)c(OCC)c1)C(C#N)=C(N)O2. The molecule has 7 heteroatoms. The van der Waals surface area contributed by atoms with Gasteiger partial charge in [0.1, 0.15) is 11.6 Å². The predicted octanol–water partition coefficient (Wildman–Crippen LogP) is 4.45. The van der Waals surface area contributed by atoms with Crippen LogP contribution in [0.3, 0.4) is 0 Å². The largest absolute Gasteiger partial charge is 0.493 e. The summed E-state index contributed by atoms with van der Waals surface area (Å²) in [5.74, 6) is 1.44. The van der Waals surface area contributed by atoms with E-state index in [4.69, 9.17) is 25.0 Å². The predicted molar refractivity (Wildman–Crippen MR) is 121 cm³/mol. The molecule has 4 rings (SSSR count). The second kappa shape index (κ2) is 9.06. The maximum atomic E-state index is 9.99. The molecule has 1 aromatic heterocycles. The molecular formula is C25H26N4O3. The molecule has 0 saturated carbocycles. The van der Waals surface area contributed by atoms with Gasteiger partial charge in [0.05, 0.1) is 36.6 Å². The van der Waals surface area contributed by atoms with Crippen molar-refractivity contribution in [3.63, 3.8) is 0 Å². The van der Waals surface area contributed by atoms with Gasteiger partial charge in [-0.2, -0.15) is 10.4 Å².